The molecule has 0 fully saturated rings. The Labute approximate surface area is 130 Å². The van der Waals surface area contributed by atoms with Crippen molar-refractivity contribution in [1.29, 1.82) is 0 Å². The van der Waals surface area contributed by atoms with Crippen LogP contribution in [0.25, 0.3) is 0 Å². The topological polar surface area (TPSA) is 43.1 Å². The van der Waals surface area contributed by atoms with Gasteiger partial charge in [-0.2, -0.15) is 0 Å². The molecule has 0 atom stereocenters. The zero-order valence-electron chi connectivity index (χ0n) is 9.38. The summed E-state index contributed by atoms with van der Waals surface area (Å²) in [6.07, 6.45) is 0. The van der Waals surface area contributed by atoms with E-state index in [2.05, 4.69) is 0 Å². The molecule has 0 aliphatic rings. The summed E-state index contributed by atoms with van der Waals surface area (Å²) in [5, 5.41) is 0.863. The standard InChI is InChI=1S/C13H7Cl4NO/c14-6-4-8(15)11(9(16)5-6)13(19)7-2-1-3-10(18)12(7)17/h1-5H,18H2. The van der Waals surface area contributed by atoms with Crippen LogP contribution in [0.5, 0.6) is 0 Å². The van der Waals surface area contributed by atoms with Gasteiger partial charge in [0.25, 0.3) is 0 Å². The lowest BCUT2D eigenvalue weighted by atomic mass is 10.0. The van der Waals surface area contributed by atoms with Crippen LogP contribution in [-0.2, 0) is 0 Å². The van der Waals surface area contributed by atoms with E-state index in [0.717, 1.165) is 0 Å². The zero-order valence-corrected chi connectivity index (χ0v) is 12.4. The Morgan fingerprint density at radius 3 is 2.16 bits per heavy atom. The van der Waals surface area contributed by atoms with Gasteiger partial charge in [-0.05, 0) is 24.3 Å². The number of rotatable bonds is 2. The van der Waals surface area contributed by atoms with Gasteiger partial charge in [-0.1, -0.05) is 52.5 Å². The van der Waals surface area contributed by atoms with Crippen molar-refractivity contribution < 1.29 is 4.79 Å². The first-order valence-corrected chi connectivity index (χ1v) is 6.66. The Hall–Kier alpha value is -0.930. The third-order valence-electron chi connectivity index (χ3n) is 2.51. The van der Waals surface area contributed by atoms with Crippen LogP contribution in [-0.4, -0.2) is 5.78 Å². The summed E-state index contributed by atoms with van der Waals surface area (Å²) in [5.41, 5.74) is 6.38. The summed E-state index contributed by atoms with van der Waals surface area (Å²) < 4.78 is 0. The molecule has 0 saturated carbocycles. The summed E-state index contributed by atoms with van der Waals surface area (Å²) in [5.74, 6) is -0.399. The predicted molar refractivity (Wildman–Crippen MR) is 80.8 cm³/mol. The lowest BCUT2D eigenvalue weighted by Gasteiger charge is -2.09. The summed E-state index contributed by atoms with van der Waals surface area (Å²) in [6.45, 7) is 0. The molecule has 6 heteroatoms. The number of hydrogen-bond acceptors (Lipinski definition) is 2. The highest BCUT2D eigenvalue weighted by Crippen LogP contribution is 2.33. The molecule has 0 aliphatic carbocycles. The normalized spacial score (nSPS) is 10.5. The van der Waals surface area contributed by atoms with Crippen LogP contribution in [0.4, 0.5) is 5.69 Å². The third kappa shape index (κ3) is 2.82. The van der Waals surface area contributed by atoms with Crippen molar-refractivity contribution in [2.75, 3.05) is 5.73 Å². The second-order valence-corrected chi connectivity index (χ2v) is 5.41. The lowest BCUT2D eigenvalue weighted by molar-refractivity contribution is 0.103. The second-order valence-electron chi connectivity index (χ2n) is 3.78. The van der Waals surface area contributed by atoms with E-state index in [4.69, 9.17) is 52.1 Å². The Bertz CT molecular complexity index is 647. The van der Waals surface area contributed by atoms with E-state index in [-0.39, 0.29) is 26.2 Å². The van der Waals surface area contributed by atoms with Crippen molar-refractivity contribution in [3.05, 3.63) is 61.5 Å². The predicted octanol–water partition coefficient (Wildman–Crippen LogP) is 5.11. The molecule has 0 radical (unpaired) electrons. The van der Waals surface area contributed by atoms with Crippen molar-refractivity contribution in [2.24, 2.45) is 0 Å². The SMILES string of the molecule is Nc1cccc(C(=O)c2c(Cl)cc(Cl)cc2Cl)c1Cl. The van der Waals surface area contributed by atoms with Gasteiger partial charge in [0.2, 0.25) is 0 Å². The molecular formula is C13H7Cl4NO. The minimum atomic E-state index is -0.399. The van der Waals surface area contributed by atoms with Crippen LogP contribution < -0.4 is 5.73 Å². The number of nitrogen functional groups attached to an aromatic ring is 1. The Balaban J connectivity index is 2.60. The summed E-state index contributed by atoms with van der Waals surface area (Å²) in [7, 11) is 0. The molecule has 2 nitrogen and oxygen atoms in total. The van der Waals surface area contributed by atoms with E-state index in [9.17, 15) is 4.79 Å². The number of carbonyl (C=O) groups is 1. The molecule has 0 heterocycles. The Kier molecular flexibility index (Phi) is 4.26. The van der Waals surface area contributed by atoms with E-state index in [1.807, 2.05) is 0 Å². The largest absolute Gasteiger partial charge is 0.398 e. The third-order valence-corrected chi connectivity index (χ3v) is 3.74. The molecule has 0 aromatic heterocycles. The first kappa shape index (κ1) is 14.5. The van der Waals surface area contributed by atoms with Gasteiger partial charge in [-0.3, -0.25) is 4.79 Å². The molecule has 2 rings (SSSR count). The minimum Gasteiger partial charge on any atom is -0.398 e. The maximum atomic E-state index is 12.4. The average Bonchev–Trinajstić information content (AvgIpc) is 2.31. The van der Waals surface area contributed by atoms with Crippen LogP contribution in [0, 0.1) is 0 Å². The minimum absolute atomic E-state index is 0.153. The summed E-state index contributed by atoms with van der Waals surface area (Å²) >= 11 is 23.8. The van der Waals surface area contributed by atoms with Crippen LogP contribution in [0.15, 0.2) is 30.3 Å². The first-order valence-electron chi connectivity index (χ1n) is 5.15. The fourth-order valence-corrected chi connectivity index (χ4v) is 2.82. The molecule has 0 saturated heterocycles. The first-order chi connectivity index (χ1) is 8.91. The lowest BCUT2D eigenvalue weighted by Crippen LogP contribution is -2.05. The quantitative estimate of drug-likeness (QED) is 0.612. The average molecular weight is 335 g/mol. The number of benzene rings is 2. The highest BCUT2D eigenvalue weighted by atomic mass is 35.5. The molecule has 0 aliphatic heterocycles. The van der Waals surface area contributed by atoms with E-state index in [1.165, 1.54) is 12.1 Å². The van der Waals surface area contributed by atoms with Crippen LogP contribution in [0.2, 0.25) is 20.1 Å². The van der Waals surface area contributed by atoms with Gasteiger partial charge in [0.05, 0.1) is 26.3 Å². The van der Waals surface area contributed by atoms with E-state index < -0.39 is 5.78 Å². The van der Waals surface area contributed by atoms with Gasteiger partial charge < -0.3 is 5.73 Å². The van der Waals surface area contributed by atoms with Crippen molar-refractivity contribution in [3.8, 4) is 0 Å². The maximum absolute atomic E-state index is 12.4. The molecule has 19 heavy (non-hydrogen) atoms. The highest BCUT2D eigenvalue weighted by Gasteiger charge is 2.20. The number of anilines is 1. The number of ketones is 1. The van der Waals surface area contributed by atoms with Gasteiger partial charge in [0, 0.05) is 10.6 Å². The van der Waals surface area contributed by atoms with Gasteiger partial charge in [0.1, 0.15) is 0 Å². The second kappa shape index (κ2) is 5.59. The number of carbonyl (C=O) groups excluding carboxylic acids is 1. The highest BCUT2D eigenvalue weighted by molar-refractivity contribution is 6.44. The molecule has 98 valence electrons. The van der Waals surface area contributed by atoms with E-state index in [1.54, 1.807) is 18.2 Å². The van der Waals surface area contributed by atoms with Gasteiger partial charge in [-0.25, -0.2) is 0 Å². The fourth-order valence-electron chi connectivity index (χ4n) is 1.62. The van der Waals surface area contributed by atoms with Crippen LogP contribution in [0.1, 0.15) is 15.9 Å². The Morgan fingerprint density at radius 1 is 1.00 bits per heavy atom. The molecule has 0 unspecified atom stereocenters. The number of halogens is 4. The smallest absolute Gasteiger partial charge is 0.197 e. The number of hydrogen-bond donors (Lipinski definition) is 1. The van der Waals surface area contributed by atoms with E-state index in [0.29, 0.717) is 10.7 Å². The monoisotopic (exact) mass is 333 g/mol. The molecule has 2 N–H and O–H groups in total. The number of nitrogens with two attached hydrogens (primary N) is 1. The van der Waals surface area contributed by atoms with Crippen LogP contribution >= 0.6 is 46.4 Å². The molecule has 2 aromatic rings. The van der Waals surface area contributed by atoms with Crippen molar-refractivity contribution in [1.82, 2.24) is 0 Å². The van der Waals surface area contributed by atoms with Gasteiger partial charge >= 0.3 is 0 Å². The molecular weight excluding hydrogens is 328 g/mol. The van der Waals surface area contributed by atoms with Crippen molar-refractivity contribution in [3.63, 3.8) is 0 Å². The summed E-state index contributed by atoms with van der Waals surface area (Å²) in [4.78, 5) is 12.4. The van der Waals surface area contributed by atoms with E-state index >= 15 is 0 Å². The van der Waals surface area contributed by atoms with Crippen LogP contribution in [0.3, 0.4) is 0 Å². The molecule has 2 aromatic carbocycles. The summed E-state index contributed by atoms with van der Waals surface area (Å²) in [6, 6.07) is 7.68. The maximum Gasteiger partial charge on any atom is 0.197 e. The van der Waals surface area contributed by atoms with Crippen molar-refractivity contribution >= 4 is 57.9 Å². The fraction of sp³-hybridized carbons (Fsp3) is 0. The molecule has 0 amide bonds. The van der Waals surface area contributed by atoms with Gasteiger partial charge in [0.15, 0.2) is 5.78 Å². The molecule has 0 spiro atoms. The van der Waals surface area contributed by atoms with Gasteiger partial charge in [-0.15, -0.1) is 0 Å². The molecule has 0 bridgehead atoms. The van der Waals surface area contributed by atoms with Crippen molar-refractivity contribution in [2.45, 2.75) is 0 Å². The zero-order chi connectivity index (χ0) is 14.2. The Morgan fingerprint density at radius 2 is 1.58 bits per heavy atom.